The van der Waals surface area contributed by atoms with Crippen molar-refractivity contribution in [2.24, 2.45) is 11.5 Å². The molecule has 5 heteroatoms. The van der Waals surface area contributed by atoms with Gasteiger partial charge in [0, 0.05) is 18.8 Å². The van der Waals surface area contributed by atoms with E-state index in [9.17, 15) is 4.79 Å². The average molecular weight is 271 g/mol. The van der Waals surface area contributed by atoms with Crippen LogP contribution in [0.3, 0.4) is 0 Å². The minimum atomic E-state index is -0.581. The summed E-state index contributed by atoms with van der Waals surface area (Å²) in [4.78, 5) is 15.0. The Labute approximate surface area is 117 Å². The van der Waals surface area contributed by atoms with Crippen LogP contribution in [0.25, 0.3) is 0 Å². The van der Waals surface area contributed by atoms with Crippen molar-refractivity contribution in [1.29, 1.82) is 0 Å². The van der Waals surface area contributed by atoms with Crippen LogP contribution in [0.4, 0.5) is 0 Å². The molecule has 1 aromatic carbocycles. The second kappa shape index (κ2) is 5.71. The Hall–Kier alpha value is -2.40. The van der Waals surface area contributed by atoms with Gasteiger partial charge in [-0.15, -0.1) is 0 Å². The summed E-state index contributed by atoms with van der Waals surface area (Å²) < 4.78 is 5.84. The molecule has 0 aliphatic heterocycles. The quantitative estimate of drug-likeness (QED) is 0.890. The summed E-state index contributed by atoms with van der Waals surface area (Å²) in [5, 5.41) is 0. The highest BCUT2D eigenvalue weighted by Crippen LogP contribution is 2.29. The lowest BCUT2D eigenvalue weighted by Crippen LogP contribution is -2.12. The van der Waals surface area contributed by atoms with E-state index < -0.39 is 5.91 Å². The predicted octanol–water partition coefficient (Wildman–Crippen LogP) is 2.05. The number of amides is 1. The molecule has 0 radical (unpaired) electrons. The molecule has 0 aliphatic rings. The molecule has 20 heavy (non-hydrogen) atoms. The molecule has 1 amide bonds. The molecule has 0 bridgehead atoms. The molecule has 0 unspecified atom stereocenters. The lowest BCUT2D eigenvalue weighted by atomic mass is 10.1. The van der Waals surface area contributed by atoms with Gasteiger partial charge < -0.3 is 16.2 Å². The number of nitrogens with two attached hydrogens (primary N) is 2. The molecule has 0 aliphatic carbocycles. The van der Waals surface area contributed by atoms with Gasteiger partial charge in [-0.2, -0.15) is 0 Å². The topological polar surface area (TPSA) is 91.2 Å². The summed E-state index contributed by atoms with van der Waals surface area (Å²) in [6, 6.07) is 7.18. The molecule has 0 saturated heterocycles. The fourth-order valence-corrected chi connectivity index (χ4v) is 2.05. The lowest BCUT2D eigenvalue weighted by molar-refractivity contribution is 0.0995. The van der Waals surface area contributed by atoms with Gasteiger partial charge in [-0.3, -0.25) is 9.78 Å². The van der Waals surface area contributed by atoms with Crippen LogP contribution in [-0.2, 0) is 6.54 Å². The summed E-state index contributed by atoms with van der Waals surface area (Å²) in [6.45, 7) is 4.40. The maximum Gasteiger partial charge on any atom is 0.267 e. The number of aromatic nitrogens is 1. The molecular weight excluding hydrogens is 254 g/mol. The van der Waals surface area contributed by atoms with E-state index in [4.69, 9.17) is 16.2 Å². The van der Waals surface area contributed by atoms with Crippen molar-refractivity contribution in [2.75, 3.05) is 0 Å². The number of aryl methyl sites for hydroxylation is 2. The molecule has 0 fully saturated rings. The van der Waals surface area contributed by atoms with Crippen molar-refractivity contribution in [3.63, 3.8) is 0 Å². The van der Waals surface area contributed by atoms with E-state index in [-0.39, 0.29) is 5.69 Å². The first kappa shape index (κ1) is 14.0. The third-order valence-electron chi connectivity index (χ3n) is 2.96. The van der Waals surface area contributed by atoms with Crippen LogP contribution >= 0.6 is 0 Å². The second-order valence-corrected chi connectivity index (χ2v) is 4.61. The Morgan fingerprint density at radius 1 is 1.25 bits per heavy atom. The molecule has 0 saturated carbocycles. The molecule has 1 aromatic heterocycles. The molecule has 2 rings (SSSR count). The first-order valence-electron chi connectivity index (χ1n) is 6.25. The number of ether oxygens (including phenoxy) is 1. The molecule has 1 heterocycles. The highest BCUT2D eigenvalue weighted by atomic mass is 16.5. The van der Waals surface area contributed by atoms with Crippen LogP contribution in [0, 0.1) is 13.8 Å². The zero-order valence-corrected chi connectivity index (χ0v) is 11.5. The third kappa shape index (κ3) is 2.95. The Bertz CT molecular complexity index is 630. The van der Waals surface area contributed by atoms with Crippen molar-refractivity contribution in [3.05, 3.63) is 52.8 Å². The number of rotatable bonds is 4. The summed E-state index contributed by atoms with van der Waals surface area (Å²) in [5.74, 6) is 0.701. The number of hydrogen-bond acceptors (Lipinski definition) is 4. The normalized spacial score (nSPS) is 10.3. The van der Waals surface area contributed by atoms with Gasteiger partial charge in [0.1, 0.15) is 17.2 Å². The number of nitrogens with zero attached hydrogens (tertiary/aromatic N) is 1. The highest BCUT2D eigenvalue weighted by molar-refractivity contribution is 5.91. The second-order valence-electron chi connectivity index (χ2n) is 4.61. The van der Waals surface area contributed by atoms with E-state index in [1.54, 1.807) is 6.07 Å². The van der Waals surface area contributed by atoms with Gasteiger partial charge in [0.25, 0.3) is 5.91 Å². The number of primary amides is 1. The van der Waals surface area contributed by atoms with Gasteiger partial charge in [-0.1, -0.05) is 12.1 Å². The SMILES string of the molecule is Cc1cc(CN)cc(C)c1Oc1ccnc(C(N)=O)c1. The van der Waals surface area contributed by atoms with Crippen LogP contribution < -0.4 is 16.2 Å². The average Bonchev–Trinajstić information content (AvgIpc) is 2.42. The Balaban J connectivity index is 2.35. The zero-order valence-electron chi connectivity index (χ0n) is 11.5. The minimum absolute atomic E-state index is 0.177. The Kier molecular flexibility index (Phi) is 4.00. The fourth-order valence-electron chi connectivity index (χ4n) is 2.05. The van der Waals surface area contributed by atoms with E-state index in [1.165, 1.54) is 12.3 Å². The molecule has 0 atom stereocenters. The lowest BCUT2D eigenvalue weighted by Gasteiger charge is -2.13. The van der Waals surface area contributed by atoms with Crippen molar-refractivity contribution in [2.45, 2.75) is 20.4 Å². The third-order valence-corrected chi connectivity index (χ3v) is 2.96. The highest BCUT2D eigenvalue weighted by Gasteiger charge is 2.09. The number of benzene rings is 1. The zero-order chi connectivity index (χ0) is 14.7. The molecule has 5 nitrogen and oxygen atoms in total. The molecule has 0 spiro atoms. The van der Waals surface area contributed by atoms with Crippen LogP contribution in [0.1, 0.15) is 27.2 Å². The van der Waals surface area contributed by atoms with Gasteiger partial charge >= 0.3 is 0 Å². The summed E-state index contributed by atoms with van der Waals surface area (Å²) >= 11 is 0. The van der Waals surface area contributed by atoms with Gasteiger partial charge in [0.05, 0.1) is 0 Å². The van der Waals surface area contributed by atoms with Gasteiger partial charge in [-0.05, 0) is 36.6 Å². The number of carbonyl (C=O) groups excluding carboxylic acids is 1. The van der Waals surface area contributed by atoms with Gasteiger partial charge in [0.2, 0.25) is 0 Å². The Morgan fingerprint density at radius 2 is 1.90 bits per heavy atom. The van der Waals surface area contributed by atoms with Crippen molar-refractivity contribution in [1.82, 2.24) is 4.98 Å². The van der Waals surface area contributed by atoms with E-state index in [0.717, 1.165) is 22.4 Å². The smallest absolute Gasteiger partial charge is 0.267 e. The minimum Gasteiger partial charge on any atom is -0.457 e. The van der Waals surface area contributed by atoms with Crippen molar-refractivity contribution in [3.8, 4) is 11.5 Å². The largest absolute Gasteiger partial charge is 0.457 e. The standard InChI is InChI=1S/C15H17N3O2/c1-9-5-11(8-16)6-10(2)14(9)20-12-3-4-18-13(7-12)15(17)19/h3-7H,8,16H2,1-2H3,(H2,17,19). The fraction of sp³-hybridized carbons (Fsp3) is 0.200. The summed E-state index contributed by atoms with van der Waals surface area (Å²) in [5.41, 5.74) is 14.1. The van der Waals surface area contributed by atoms with E-state index >= 15 is 0 Å². The number of carbonyl (C=O) groups is 1. The first-order valence-corrected chi connectivity index (χ1v) is 6.25. The Morgan fingerprint density at radius 3 is 2.45 bits per heavy atom. The van der Waals surface area contributed by atoms with E-state index in [2.05, 4.69) is 4.98 Å². The predicted molar refractivity (Wildman–Crippen MR) is 76.6 cm³/mol. The van der Waals surface area contributed by atoms with Crippen LogP contribution in [0.2, 0.25) is 0 Å². The number of hydrogen-bond donors (Lipinski definition) is 2. The first-order chi connectivity index (χ1) is 9.51. The molecule has 104 valence electrons. The van der Waals surface area contributed by atoms with Crippen molar-refractivity contribution >= 4 is 5.91 Å². The van der Waals surface area contributed by atoms with Crippen LogP contribution in [0.5, 0.6) is 11.5 Å². The molecular formula is C15H17N3O2. The monoisotopic (exact) mass is 271 g/mol. The van der Waals surface area contributed by atoms with E-state index in [1.807, 2.05) is 26.0 Å². The van der Waals surface area contributed by atoms with Gasteiger partial charge in [-0.25, -0.2) is 0 Å². The van der Waals surface area contributed by atoms with E-state index in [0.29, 0.717) is 12.3 Å². The van der Waals surface area contributed by atoms with Crippen LogP contribution in [0.15, 0.2) is 30.5 Å². The van der Waals surface area contributed by atoms with Crippen LogP contribution in [-0.4, -0.2) is 10.9 Å². The maximum atomic E-state index is 11.1. The summed E-state index contributed by atoms with van der Waals surface area (Å²) in [7, 11) is 0. The maximum absolute atomic E-state index is 11.1. The summed E-state index contributed by atoms with van der Waals surface area (Å²) in [6.07, 6.45) is 1.49. The molecule has 2 aromatic rings. The molecule has 4 N–H and O–H groups in total. The van der Waals surface area contributed by atoms with Crippen molar-refractivity contribution < 1.29 is 9.53 Å². The van der Waals surface area contributed by atoms with Gasteiger partial charge in [0.15, 0.2) is 0 Å². The number of pyridine rings is 1.